The Hall–Kier alpha value is -1.62. The first-order valence-corrected chi connectivity index (χ1v) is 9.43. The first-order chi connectivity index (χ1) is 11.2. The molecule has 0 bridgehead atoms. The Balaban J connectivity index is 2.08. The van der Waals surface area contributed by atoms with Gasteiger partial charge in [-0.2, -0.15) is 0 Å². The number of nitrogens with one attached hydrogen (secondary N) is 1. The molecule has 3 rings (SSSR count). The lowest BCUT2D eigenvalue weighted by Gasteiger charge is -2.05. The third kappa shape index (κ3) is 3.66. The van der Waals surface area contributed by atoms with Crippen LogP contribution in [-0.2, 0) is 6.54 Å². The molecular weight excluding hydrogens is 325 g/mol. The van der Waals surface area contributed by atoms with Crippen LogP contribution in [0.5, 0.6) is 0 Å². The van der Waals surface area contributed by atoms with Crippen LogP contribution in [-0.4, -0.2) is 13.3 Å². The van der Waals surface area contributed by atoms with Crippen molar-refractivity contribution in [2.45, 2.75) is 11.4 Å². The third-order valence-corrected chi connectivity index (χ3v) is 5.57. The molecule has 0 aliphatic heterocycles. The standard InChI is InChI=1S/C19H18FNS2/c1-21-12-17-11-18(13-5-9-16(22-2)10-6-13)19(23-17)14-3-7-15(20)8-4-14/h3-11,21H,12H2,1-2H3. The van der Waals surface area contributed by atoms with Gasteiger partial charge in [-0.1, -0.05) is 24.3 Å². The van der Waals surface area contributed by atoms with Gasteiger partial charge in [0.05, 0.1) is 0 Å². The van der Waals surface area contributed by atoms with Crippen LogP contribution in [0, 0.1) is 5.82 Å². The maximum atomic E-state index is 13.2. The molecule has 1 nitrogen and oxygen atoms in total. The molecular formula is C19H18FNS2. The van der Waals surface area contributed by atoms with Crippen molar-refractivity contribution in [2.75, 3.05) is 13.3 Å². The van der Waals surface area contributed by atoms with Crippen LogP contribution in [0.25, 0.3) is 21.6 Å². The van der Waals surface area contributed by atoms with E-state index in [1.807, 2.05) is 19.2 Å². The Morgan fingerprint density at radius 2 is 1.65 bits per heavy atom. The molecule has 2 aromatic carbocycles. The van der Waals surface area contributed by atoms with Crippen molar-refractivity contribution in [2.24, 2.45) is 0 Å². The van der Waals surface area contributed by atoms with Crippen LogP contribution in [0.15, 0.2) is 59.5 Å². The highest BCUT2D eigenvalue weighted by Crippen LogP contribution is 2.39. The minimum absolute atomic E-state index is 0.202. The average Bonchev–Trinajstić information content (AvgIpc) is 3.00. The van der Waals surface area contributed by atoms with E-state index < -0.39 is 0 Å². The van der Waals surface area contributed by atoms with Gasteiger partial charge in [0.25, 0.3) is 0 Å². The fourth-order valence-corrected chi connectivity index (χ4v) is 4.11. The van der Waals surface area contributed by atoms with Crippen molar-refractivity contribution in [1.82, 2.24) is 5.32 Å². The lowest BCUT2D eigenvalue weighted by atomic mass is 10.0. The smallest absolute Gasteiger partial charge is 0.123 e. The molecule has 0 saturated carbocycles. The number of hydrogen-bond donors (Lipinski definition) is 1. The van der Waals surface area contributed by atoms with Gasteiger partial charge >= 0.3 is 0 Å². The van der Waals surface area contributed by atoms with Gasteiger partial charge in [-0.05, 0) is 54.8 Å². The quantitative estimate of drug-likeness (QED) is 0.600. The molecule has 23 heavy (non-hydrogen) atoms. The van der Waals surface area contributed by atoms with Crippen LogP contribution < -0.4 is 5.32 Å². The van der Waals surface area contributed by atoms with Crippen molar-refractivity contribution in [3.8, 4) is 21.6 Å². The van der Waals surface area contributed by atoms with Gasteiger partial charge in [-0.25, -0.2) is 4.39 Å². The zero-order valence-electron chi connectivity index (χ0n) is 13.1. The summed E-state index contributed by atoms with van der Waals surface area (Å²) in [7, 11) is 1.95. The third-order valence-electron chi connectivity index (χ3n) is 3.64. The van der Waals surface area contributed by atoms with E-state index in [0.29, 0.717) is 0 Å². The van der Waals surface area contributed by atoms with E-state index >= 15 is 0 Å². The van der Waals surface area contributed by atoms with E-state index in [-0.39, 0.29) is 5.82 Å². The monoisotopic (exact) mass is 343 g/mol. The number of hydrogen-bond acceptors (Lipinski definition) is 3. The van der Waals surface area contributed by atoms with E-state index in [0.717, 1.165) is 12.1 Å². The molecule has 1 heterocycles. The van der Waals surface area contributed by atoms with Gasteiger partial charge in [0.1, 0.15) is 5.82 Å². The van der Waals surface area contributed by atoms with Crippen LogP contribution in [0.4, 0.5) is 4.39 Å². The number of halogens is 1. The summed E-state index contributed by atoms with van der Waals surface area (Å²) >= 11 is 3.50. The molecule has 118 valence electrons. The van der Waals surface area contributed by atoms with Crippen LogP contribution in [0.1, 0.15) is 4.88 Å². The van der Waals surface area contributed by atoms with Crippen LogP contribution >= 0.6 is 23.1 Å². The van der Waals surface area contributed by atoms with E-state index in [9.17, 15) is 4.39 Å². The minimum atomic E-state index is -0.202. The Kier molecular flexibility index (Phi) is 5.16. The van der Waals surface area contributed by atoms with Crippen LogP contribution in [0.3, 0.4) is 0 Å². The highest BCUT2D eigenvalue weighted by atomic mass is 32.2. The Labute approximate surface area is 144 Å². The summed E-state index contributed by atoms with van der Waals surface area (Å²) in [5.41, 5.74) is 3.46. The largest absolute Gasteiger partial charge is 0.315 e. The number of benzene rings is 2. The predicted octanol–water partition coefficient (Wildman–Crippen LogP) is 5.66. The van der Waals surface area contributed by atoms with Gasteiger partial charge in [-0.15, -0.1) is 23.1 Å². The molecule has 1 aromatic heterocycles. The summed E-state index contributed by atoms with van der Waals surface area (Å²) < 4.78 is 13.2. The molecule has 0 aliphatic rings. The van der Waals surface area contributed by atoms with Gasteiger partial charge in [0.15, 0.2) is 0 Å². The van der Waals surface area contributed by atoms with Gasteiger partial charge in [-0.3, -0.25) is 0 Å². The first-order valence-electron chi connectivity index (χ1n) is 7.39. The Morgan fingerprint density at radius 1 is 1.00 bits per heavy atom. The number of thiophene rings is 1. The lowest BCUT2D eigenvalue weighted by Crippen LogP contribution is -2.02. The summed E-state index contributed by atoms with van der Waals surface area (Å²) in [6.07, 6.45) is 2.08. The van der Waals surface area contributed by atoms with E-state index in [2.05, 4.69) is 41.9 Å². The highest BCUT2D eigenvalue weighted by Gasteiger charge is 2.13. The fourth-order valence-electron chi connectivity index (χ4n) is 2.50. The number of thioether (sulfide) groups is 1. The fraction of sp³-hybridized carbons (Fsp3) is 0.158. The summed E-state index contributed by atoms with van der Waals surface area (Å²) in [5, 5.41) is 3.20. The second kappa shape index (κ2) is 7.30. The van der Waals surface area contributed by atoms with Crippen molar-refractivity contribution in [3.63, 3.8) is 0 Å². The summed E-state index contributed by atoms with van der Waals surface area (Å²) in [6.45, 7) is 0.835. The molecule has 0 fully saturated rings. The minimum Gasteiger partial charge on any atom is -0.315 e. The maximum absolute atomic E-state index is 13.2. The zero-order chi connectivity index (χ0) is 16.2. The molecule has 4 heteroatoms. The second-order valence-corrected chi connectivity index (χ2v) is 7.24. The molecule has 0 spiro atoms. The van der Waals surface area contributed by atoms with Crippen molar-refractivity contribution >= 4 is 23.1 Å². The molecule has 0 radical (unpaired) electrons. The molecule has 1 N–H and O–H groups in total. The maximum Gasteiger partial charge on any atom is 0.123 e. The normalized spacial score (nSPS) is 10.9. The van der Waals surface area contributed by atoms with Gasteiger partial charge < -0.3 is 5.32 Å². The van der Waals surface area contributed by atoms with E-state index in [4.69, 9.17) is 0 Å². The Morgan fingerprint density at radius 3 is 2.26 bits per heavy atom. The lowest BCUT2D eigenvalue weighted by molar-refractivity contribution is 0.628. The predicted molar refractivity (Wildman–Crippen MR) is 99.7 cm³/mol. The summed E-state index contributed by atoms with van der Waals surface area (Å²) in [5.74, 6) is -0.202. The average molecular weight is 343 g/mol. The van der Waals surface area contributed by atoms with Gasteiger partial charge in [0, 0.05) is 26.8 Å². The van der Waals surface area contributed by atoms with Crippen LogP contribution in [0.2, 0.25) is 0 Å². The molecule has 0 aliphatic carbocycles. The van der Waals surface area contributed by atoms with Crippen molar-refractivity contribution in [1.29, 1.82) is 0 Å². The van der Waals surface area contributed by atoms with E-state index in [1.165, 1.54) is 37.9 Å². The molecule has 3 aromatic rings. The molecule has 0 unspecified atom stereocenters. The van der Waals surface area contributed by atoms with Crippen molar-refractivity contribution in [3.05, 3.63) is 65.3 Å². The zero-order valence-corrected chi connectivity index (χ0v) is 14.7. The van der Waals surface area contributed by atoms with E-state index in [1.54, 1.807) is 23.1 Å². The molecule has 0 amide bonds. The first kappa shape index (κ1) is 16.2. The van der Waals surface area contributed by atoms with Crippen molar-refractivity contribution < 1.29 is 4.39 Å². The Bertz CT molecular complexity index is 776. The highest BCUT2D eigenvalue weighted by molar-refractivity contribution is 7.98. The number of rotatable bonds is 5. The van der Waals surface area contributed by atoms with Gasteiger partial charge in [0.2, 0.25) is 0 Å². The summed E-state index contributed by atoms with van der Waals surface area (Å²) in [6, 6.07) is 17.6. The summed E-state index contributed by atoms with van der Waals surface area (Å²) in [4.78, 5) is 3.71. The molecule has 0 atom stereocenters. The second-order valence-electron chi connectivity index (χ2n) is 5.22. The SMILES string of the molecule is CNCc1cc(-c2ccc(SC)cc2)c(-c2ccc(F)cc2)s1. The topological polar surface area (TPSA) is 12.0 Å². The molecule has 0 saturated heterocycles.